The van der Waals surface area contributed by atoms with E-state index in [-0.39, 0.29) is 11.8 Å². The van der Waals surface area contributed by atoms with Gasteiger partial charge in [0.25, 0.3) is 0 Å². The third kappa shape index (κ3) is 3.32. The molecule has 1 amide bonds. The van der Waals surface area contributed by atoms with Crippen LogP contribution in [0.15, 0.2) is 0 Å². The first-order chi connectivity index (χ1) is 8.51. The second-order valence-electron chi connectivity index (χ2n) is 4.71. The van der Waals surface area contributed by atoms with Crippen molar-refractivity contribution in [3.8, 4) is 0 Å². The average molecular weight is 252 g/mol. The molecular formula is C13H24N4O. The molecule has 0 spiro atoms. The lowest BCUT2D eigenvalue weighted by Gasteiger charge is -2.14. The monoisotopic (exact) mass is 252 g/mol. The highest BCUT2D eigenvalue weighted by atomic mass is 16.1. The summed E-state index contributed by atoms with van der Waals surface area (Å²) in [6.07, 6.45) is 1.81. The lowest BCUT2D eigenvalue weighted by atomic mass is 10.0. The molecule has 0 bridgehead atoms. The first-order valence-electron chi connectivity index (χ1n) is 6.48. The molecule has 5 nitrogen and oxygen atoms in total. The quantitative estimate of drug-likeness (QED) is 0.794. The molecule has 0 radical (unpaired) electrons. The Balaban J connectivity index is 2.62. The van der Waals surface area contributed by atoms with Crippen LogP contribution in [0.25, 0.3) is 0 Å². The van der Waals surface area contributed by atoms with Gasteiger partial charge in [0.15, 0.2) is 0 Å². The normalized spacial score (nSPS) is 12.5. The lowest BCUT2D eigenvalue weighted by molar-refractivity contribution is -0.125. The highest BCUT2D eigenvalue weighted by molar-refractivity contribution is 5.78. The summed E-state index contributed by atoms with van der Waals surface area (Å²) >= 11 is 0. The van der Waals surface area contributed by atoms with Gasteiger partial charge in [-0.2, -0.15) is 5.10 Å². The number of amides is 1. The molecule has 18 heavy (non-hydrogen) atoms. The number of carbonyl (C=O) groups excluding carboxylic acids is 1. The van der Waals surface area contributed by atoms with Crippen molar-refractivity contribution in [3.05, 3.63) is 17.0 Å². The number of rotatable bonds is 6. The number of hydrogen-bond acceptors (Lipinski definition) is 3. The van der Waals surface area contributed by atoms with E-state index in [1.165, 1.54) is 0 Å². The van der Waals surface area contributed by atoms with Crippen LogP contribution in [0.1, 0.15) is 36.7 Å². The fourth-order valence-electron chi connectivity index (χ4n) is 2.10. The predicted octanol–water partition coefficient (Wildman–Crippen LogP) is 1.03. The van der Waals surface area contributed by atoms with Crippen molar-refractivity contribution in [2.45, 2.75) is 40.2 Å². The summed E-state index contributed by atoms with van der Waals surface area (Å²) in [4.78, 5) is 11.9. The Bertz CT molecular complexity index is 411. The van der Waals surface area contributed by atoms with Crippen LogP contribution in [0.3, 0.4) is 0 Å². The summed E-state index contributed by atoms with van der Waals surface area (Å²) in [5.74, 6) is -0.0331. The van der Waals surface area contributed by atoms with Crippen molar-refractivity contribution in [3.63, 3.8) is 0 Å². The highest BCUT2D eigenvalue weighted by Gasteiger charge is 2.16. The Labute approximate surface area is 109 Å². The van der Waals surface area contributed by atoms with Crippen LogP contribution in [0.5, 0.6) is 0 Å². The number of aryl methyl sites for hydroxylation is 2. The van der Waals surface area contributed by atoms with Crippen molar-refractivity contribution in [2.75, 3.05) is 6.54 Å². The Hall–Kier alpha value is -1.36. The number of nitrogens with zero attached hydrogens (tertiary/aromatic N) is 2. The van der Waals surface area contributed by atoms with E-state index in [0.717, 1.165) is 29.8 Å². The number of aromatic nitrogens is 2. The second kappa shape index (κ2) is 6.54. The van der Waals surface area contributed by atoms with Crippen molar-refractivity contribution >= 4 is 5.91 Å². The van der Waals surface area contributed by atoms with Crippen LogP contribution >= 0.6 is 0 Å². The Kier molecular flexibility index (Phi) is 5.34. The molecule has 3 N–H and O–H groups in total. The van der Waals surface area contributed by atoms with Crippen molar-refractivity contribution in [1.82, 2.24) is 15.1 Å². The fourth-order valence-corrected chi connectivity index (χ4v) is 2.10. The van der Waals surface area contributed by atoms with Gasteiger partial charge in [-0.05, 0) is 20.3 Å². The molecule has 1 aromatic heterocycles. The minimum absolute atomic E-state index is 0.0435. The van der Waals surface area contributed by atoms with Crippen LogP contribution in [0, 0.1) is 19.8 Å². The first-order valence-corrected chi connectivity index (χ1v) is 6.48. The van der Waals surface area contributed by atoms with E-state index in [1.54, 1.807) is 0 Å². The van der Waals surface area contributed by atoms with Gasteiger partial charge < -0.3 is 11.1 Å². The Morgan fingerprint density at radius 2 is 2.17 bits per heavy atom. The van der Waals surface area contributed by atoms with E-state index in [2.05, 4.69) is 17.3 Å². The summed E-state index contributed by atoms with van der Waals surface area (Å²) in [5.41, 5.74) is 8.77. The van der Waals surface area contributed by atoms with Gasteiger partial charge in [-0.25, -0.2) is 0 Å². The number of nitrogens with two attached hydrogens (primary N) is 1. The fraction of sp³-hybridized carbons (Fsp3) is 0.692. The molecular weight excluding hydrogens is 228 g/mol. The summed E-state index contributed by atoms with van der Waals surface area (Å²) in [6, 6.07) is 0. The van der Waals surface area contributed by atoms with E-state index < -0.39 is 0 Å². The third-order valence-corrected chi connectivity index (χ3v) is 3.39. The minimum Gasteiger partial charge on any atom is -0.352 e. The second-order valence-corrected chi connectivity index (χ2v) is 4.71. The molecule has 1 unspecified atom stereocenters. The highest BCUT2D eigenvalue weighted by Crippen LogP contribution is 2.12. The topological polar surface area (TPSA) is 72.9 Å². The summed E-state index contributed by atoms with van der Waals surface area (Å²) in [5, 5.41) is 7.29. The maximum absolute atomic E-state index is 11.9. The van der Waals surface area contributed by atoms with Crippen molar-refractivity contribution in [2.24, 2.45) is 18.7 Å². The van der Waals surface area contributed by atoms with E-state index in [4.69, 9.17) is 5.73 Å². The smallest absolute Gasteiger partial charge is 0.224 e. The van der Waals surface area contributed by atoms with Gasteiger partial charge in [-0.3, -0.25) is 9.48 Å². The number of hydrogen-bond donors (Lipinski definition) is 2. The van der Waals surface area contributed by atoms with Gasteiger partial charge in [-0.1, -0.05) is 13.3 Å². The van der Waals surface area contributed by atoms with Crippen LogP contribution in [0.2, 0.25) is 0 Å². The summed E-state index contributed by atoms with van der Waals surface area (Å²) < 4.78 is 1.84. The zero-order chi connectivity index (χ0) is 13.7. The average Bonchev–Trinajstić information content (AvgIpc) is 2.58. The van der Waals surface area contributed by atoms with E-state index in [9.17, 15) is 4.79 Å². The summed E-state index contributed by atoms with van der Waals surface area (Å²) in [7, 11) is 1.91. The first kappa shape index (κ1) is 14.7. The lowest BCUT2D eigenvalue weighted by Crippen LogP contribution is -2.34. The van der Waals surface area contributed by atoms with Gasteiger partial charge in [-0.15, -0.1) is 0 Å². The van der Waals surface area contributed by atoms with E-state index in [1.807, 2.05) is 25.6 Å². The molecule has 0 fully saturated rings. The largest absolute Gasteiger partial charge is 0.352 e. The zero-order valence-electron chi connectivity index (χ0n) is 11.8. The molecule has 1 heterocycles. The maximum atomic E-state index is 11.9. The van der Waals surface area contributed by atoms with Crippen LogP contribution in [-0.4, -0.2) is 22.2 Å². The molecule has 1 aromatic rings. The SMILES string of the molecule is CCCC(CN)C(=O)NCc1c(C)nn(C)c1C. The van der Waals surface area contributed by atoms with Gasteiger partial charge >= 0.3 is 0 Å². The van der Waals surface area contributed by atoms with Crippen LogP contribution in [0.4, 0.5) is 0 Å². The van der Waals surface area contributed by atoms with E-state index in [0.29, 0.717) is 13.1 Å². The zero-order valence-corrected chi connectivity index (χ0v) is 11.8. The molecule has 1 rings (SSSR count). The Morgan fingerprint density at radius 1 is 1.50 bits per heavy atom. The molecule has 5 heteroatoms. The molecule has 0 saturated heterocycles. The number of nitrogens with one attached hydrogen (secondary N) is 1. The molecule has 102 valence electrons. The van der Waals surface area contributed by atoms with E-state index >= 15 is 0 Å². The van der Waals surface area contributed by atoms with Crippen LogP contribution < -0.4 is 11.1 Å². The van der Waals surface area contributed by atoms with Crippen molar-refractivity contribution < 1.29 is 4.79 Å². The van der Waals surface area contributed by atoms with Gasteiger partial charge in [0, 0.05) is 31.4 Å². The van der Waals surface area contributed by atoms with Crippen molar-refractivity contribution in [1.29, 1.82) is 0 Å². The van der Waals surface area contributed by atoms with Crippen LogP contribution in [-0.2, 0) is 18.4 Å². The van der Waals surface area contributed by atoms with Gasteiger partial charge in [0.1, 0.15) is 0 Å². The maximum Gasteiger partial charge on any atom is 0.224 e. The molecule has 1 atom stereocenters. The minimum atomic E-state index is -0.0766. The predicted molar refractivity (Wildman–Crippen MR) is 72.0 cm³/mol. The molecule has 0 aliphatic carbocycles. The molecule has 0 saturated carbocycles. The third-order valence-electron chi connectivity index (χ3n) is 3.39. The van der Waals surface area contributed by atoms with Gasteiger partial charge in [0.2, 0.25) is 5.91 Å². The Morgan fingerprint density at radius 3 is 2.61 bits per heavy atom. The molecule has 0 aliphatic rings. The summed E-state index contributed by atoms with van der Waals surface area (Å²) in [6.45, 7) is 6.97. The standard InChI is InChI=1S/C13H24N4O/c1-5-6-11(7-14)13(18)15-8-12-9(2)16-17(4)10(12)3/h11H,5-8,14H2,1-4H3,(H,15,18). The van der Waals surface area contributed by atoms with Gasteiger partial charge in [0.05, 0.1) is 11.6 Å². The number of carbonyl (C=O) groups is 1. The molecule has 0 aliphatic heterocycles. The molecule has 0 aromatic carbocycles.